The summed E-state index contributed by atoms with van der Waals surface area (Å²) in [7, 11) is 0. The van der Waals surface area contributed by atoms with Gasteiger partial charge < -0.3 is 19.9 Å². The Kier molecular flexibility index (Phi) is 5.71. The minimum absolute atomic E-state index is 0.272. The first kappa shape index (κ1) is 18.5. The number of nitriles is 1. The van der Waals surface area contributed by atoms with Gasteiger partial charge in [0.2, 0.25) is 0 Å². The molecular weight excluding hydrogens is 344 g/mol. The van der Waals surface area contributed by atoms with E-state index in [1.165, 1.54) is 0 Å². The van der Waals surface area contributed by atoms with E-state index in [2.05, 4.69) is 26.3 Å². The van der Waals surface area contributed by atoms with Gasteiger partial charge in [-0.05, 0) is 26.0 Å². The molecule has 140 valence electrons. The van der Waals surface area contributed by atoms with Crippen molar-refractivity contribution in [1.82, 2.24) is 14.9 Å². The summed E-state index contributed by atoms with van der Waals surface area (Å²) in [5.41, 5.74) is 1.26. The Bertz CT molecular complexity index is 856. The summed E-state index contributed by atoms with van der Waals surface area (Å²) in [6.07, 6.45) is -0.272. The molecule has 1 aliphatic heterocycles. The average molecular weight is 366 g/mol. The number of para-hydroxylation sites is 1. The minimum atomic E-state index is -0.272. The van der Waals surface area contributed by atoms with Gasteiger partial charge in [0, 0.05) is 32.2 Å². The number of nitrogens with zero attached hydrogens (tertiary/aromatic N) is 5. The number of anilines is 3. The minimum Gasteiger partial charge on any atom is -0.450 e. The van der Waals surface area contributed by atoms with Crippen LogP contribution in [0.3, 0.4) is 0 Å². The number of amides is 1. The Morgan fingerprint density at radius 2 is 2.00 bits per heavy atom. The summed E-state index contributed by atoms with van der Waals surface area (Å²) in [6.45, 7) is 6.52. The number of nitrogens with one attached hydrogen (secondary N) is 1. The van der Waals surface area contributed by atoms with Crippen LogP contribution < -0.4 is 10.2 Å². The van der Waals surface area contributed by atoms with Gasteiger partial charge in [-0.25, -0.2) is 14.8 Å². The van der Waals surface area contributed by atoms with Crippen LogP contribution in [-0.4, -0.2) is 53.7 Å². The van der Waals surface area contributed by atoms with Gasteiger partial charge in [0.05, 0.1) is 17.9 Å². The summed E-state index contributed by atoms with van der Waals surface area (Å²) in [4.78, 5) is 24.6. The number of benzene rings is 1. The number of piperazine rings is 1. The van der Waals surface area contributed by atoms with Crippen molar-refractivity contribution in [3.63, 3.8) is 0 Å². The lowest BCUT2D eigenvalue weighted by Crippen LogP contribution is -2.49. The van der Waals surface area contributed by atoms with Gasteiger partial charge in [0.1, 0.15) is 23.5 Å². The first-order valence-electron chi connectivity index (χ1n) is 8.89. The SMILES string of the molecule is CCOC(=O)N1CCN(c2cc(Nc3ccccc3C#N)nc(C)n2)CC1. The maximum atomic E-state index is 11.8. The average Bonchev–Trinajstić information content (AvgIpc) is 2.68. The van der Waals surface area contributed by atoms with E-state index in [1.54, 1.807) is 17.9 Å². The van der Waals surface area contributed by atoms with Crippen molar-refractivity contribution < 1.29 is 9.53 Å². The highest BCUT2D eigenvalue weighted by Crippen LogP contribution is 2.23. The smallest absolute Gasteiger partial charge is 0.409 e. The van der Waals surface area contributed by atoms with Crippen molar-refractivity contribution in [2.24, 2.45) is 0 Å². The lowest BCUT2D eigenvalue weighted by molar-refractivity contribution is 0.105. The fourth-order valence-electron chi connectivity index (χ4n) is 2.94. The van der Waals surface area contributed by atoms with Crippen LogP contribution in [0.25, 0.3) is 0 Å². The van der Waals surface area contributed by atoms with Gasteiger partial charge in [0.25, 0.3) is 0 Å². The first-order valence-corrected chi connectivity index (χ1v) is 8.89. The molecule has 8 heteroatoms. The third kappa shape index (κ3) is 4.44. The molecule has 0 bridgehead atoms. The first-order chi connectivity index (χ1) is 13.1. The molecule has 0 unspecified atom stereocenters. The van der Waals surface area contributed by atoms with Gasteiger partial charge in [-0.15, -0.1) is 0 Å². The molecule has 8 nitrogen and oxygen atoms in total. The summed E-state index contributed by atoms with van der Waals surface area (Å²) in [5.74, 6) is 2.06. The van der Waals surface area contributed by atoms with E-state index in [-0.39, 0.29) is 6.09 Å². The molecule has 0 atom stereocenters. The van der Waals surface area contributed by atoms with E-state index in [1.807, 2.05) is 31.2 Å². The molecule has 1 N–H and O–H groups in total. The van der Waals surface area contributed by atoms with Crippen molar-refractivity contribution in [1.29, 1.82) is 5.26 Å². The number of rotatable bonds is 4. The lowest BCUT2D eigenvalue weighted by Gasteiger charge is -2.34. The Balaban J connectivity index is 1.73. The highest BCUT2D eigenvalue weighted by Gasteiger charge is 2.23. The molecule has 1 amide bonds. The Labute approximate surface area is 158 Å². The molecule has 2 heterocycles. The summed E-state index contributed by atoms with van der Waals surface area (Å²) in [6, 6.07) is 11.3. The second-order valence-corrected chi connectivity index (χ2v) is 6.11. The third-order valence-electron chi connectivity index (χ3n) is 4.26. The van der Waals surface area contributed by atoms with Crippen LogP contribution in [0.2, 0.25) is 0 Å². The van der Waals surface area contributed by atoms with Crippen LogP contribution in [0, 0.1) is 18.3 Å². The molecular formula is C19H22N6O2. The molecule has 2 aromatic rings. The van der Waals surface area contributed by atoms with Crippen LogP contribution in [0.15, 0.2) is 30.3 Å². The number of hydrogen-bond donors (Lipinski definition) is 1. The zero-order valence-corrected chi connectivity index (χ0v) is 15.5. The van der Waals surface area contributed by atoms with Crippen LogP contribution >= 0.6 is 0 Å². The Hall–Kier alpha value is -3.34. The lowest BCUT2D eigenvalue weighted by atomic mass is 10.2. The second-order valence-electron chi connectivity index (χ2n) is 6.11. The van der Waals surface area contributed by atoms with Gasteiger partial charge in [0.15, 0.2) is 0 Å². The second kappa shape index (κ2) is 8.36. The van der Waals surface area contributed by atoms with Crippen LogP contribution in [0.4, 0.5) is 22.1 Å². The van der Waals surface area contributed by atoms with E-state index in [4.69, 9.17) is 4.74 Å². The number of ether oxygens (including phenoxy) is 1. The summed E-state index contributed by atoms with van der Waals surface area (Å²) < 4.78 is 5.06. The van der Waals surface area contributed by atoms with E-state index >= 15 is 0 Å². The molecule has 0 radical (unpaired) electrons. The fraction of sp³-hybridized carbons (Fsp3) is 0.368. The Morgan fingerprint density at radius 3 is 2.70 bits per heavy atom. The molecule has 27 heavy (non-hydrogen) atoms. The molecule has 3 rings (SSSR count). The molecule has 1 aromatic carbocycles. The highest BCUT2D eigenvalue weighted by atomic mass is 16.6. The molecule has 0 aliphatic carbocycles. The molecule has 1 fully saturated rings. The zero-order valence-electron chi connectivity index (χ0n) is 15.5. The maximum Gasteiger partial charge on any atom is 0.409 e. The highest BCUT2D eigenvalue weighted by molar-refractivity contribution is 5.68. The number of aryl methyl sites for hydroxylation is 1. The number of carbonyl (C=O) groups is 1. The van der Waals surface area contributed by atoms with Gasteiger partial charge in [-0.3, -0.25) is 0 Å². The number of carbonyl (C=O) groups excluding carboxylic acids is 1. The topological polar surface area (TPSA) is 94.4 Å². The largest absolute Gasteiger partial charge is 0.450 e. The van der Waals surface area contributed by atoms with Crippen molar-refractivity contribution in [2.75, 3.05) is 43.0 Å². The van der Waals surface area contributed by atoms with E-state index in [0.717, 1.165) is 5.82 Å². The summed E-state index contributed by atoms with van der Waals surface area (Å²) >= 11 is 0. The number of aromatic nitrogens is 2. The van der Waals surface area contributed by atoms with Crippen molar-refractivity contribution in [3.8, 4) is 6.07 Å². The zero-order chi connectivity index (χ0) is 19.2. The van der Waals surface area contributed by atoms with Crippen molar-refractivity contribution in [3.05, 3.63) is 41.7 Å². The van der Waals surface area contributed by atoms with E-state index in [0.29, 0.717) is 55.7 Å². The fourth-order valence-corrected chi connectivity index (χ4v) is 2.94. The third-order valence-corrected chi connectivity index (χ3v) is 4.26. The molecule has 1 saturated heterocycles. The van der Waals surface area contributed by atoms with Gasteiger partial charge >= 0.3 is 6.09 Å². The monoisotopic (exact) mass is 366 g/mol. The van der Waals surface area contributed by atoms with E-state index in [9.17, 15) is 10.1 Å². The predicted octanol–water partition coefficient (Wildman–Crippen LogP) is 2.68. The van der Waals surface area contributed by atoms with Gasteiger partial charge in [-0.1, -0.05) is 12.1 Å². The predicted molar refractivity (Wildman–Crippen MR) is 102 cm³/mol. The van der Waals surface area contributed by atoms with E-state index < -0.39 is 0 Å². The number of hydrogen-bond acceptors (Lipinski definition) is 7. The van der Waals surface area contributed by atoms with Gasteiger partial charge in [-0.2, -0.15) is 5.26 Å². The normalized spacial score (nSPS) is 13.8. The maximum absolute atomic E-state index is 11.8. The Morgan fingerprint density at radius 1 is 1.26 bits per heavy atom. The summed E-state index contributed by atoms with van der Waals surface area (Å²) in [5, 5.41) is 12.4. The molecule has 1 aliphatic rings. The standard InChI is InChI=1S/C19H22N6O2/c1-3-27-19(26)25-10-8-24(9-11-25)18-12-17(21-14(2)22-18)23-16-7-5-4-6-15(16)13-20/h4-7,12H,3,8-11H2,1-2H3,(H,21,22,23). The van der Waals surface area contributed by atoms with Crippen molar-refractivity contribution >= 4 is 23.4 Å². The van der Waals surface area contributed by atoms with Crippen LogP contribution in [0.5, 0.6) is 0 Å². The van der Waals surface area contributed by atoms with Crippen LogP contribution in [0.1, 0.15) is 18.3 Å². The molecule has 1 aromatic heterocycles. The quantitative estimate of drug-likeness (QED) is 0.889. The van der Waals surface area contributed by atoms with Crippen LogP contribution in [-0.2, 0) is 4.74 Å². The molecule has 0 spiro atoms. The van der Waals surface area contributed by atoms with Crippen molar-refractivity contribution in [2.45, 2.75) is 13.8 Å². The molecule has 0 saturated carbocycles.